The van der Waals surface area contributed by atoms with E-state index in [9.17, 15) is 13.2 Å². The molecule has 0 atom stereocenters. The Hall–Kier alpha value is -0.580. The van der Waals surface area contributed by atoms with Gasteiger partial charge in [-0.15, -0.1) is 0 Å². The van der Waals surface area contributed by atoms with Crippen LogP contribution in [0.5, 0.6) is 0 Å². The molecule has 0 bridgehead atoms. The Kier molecular flexibility index (Phi) is 1.44. The van der Waals surface area contributed by atoms with Crippen molar-refractivity contribution < 1.29 is 17.9 Å². The van der Waals surface area contributed by atoms with Crippen LogP contribution in [0.2, 0.25) is 0 Å². The Morgan fingerprint density at radius 1 is 1.56 bits per heavy atom. The fourth-order valence-corrected chi connectivity index (χ4v) is 0.377. The first-order valence-electron chi connectivity index (χ1n) is 2.10. The monoisotopic (exact) mass is 137 g/mol. The number of nitrogens with zero attached hydrogens (tertiary/aromatic N) is 1. The summed E-state index contributed by atoms with van der Waals surface area (Å²) >= 11 is 0. The lowest BCUT2D eigenvalue weighted by Crippen LogP contribution is -2.20. The minimum Gasteiger partial charge on any atom is -0.339 e. The molecule has 0 saturated carbocycles. The van der Waals surface area contributed by atoms with E-state index in [1.165, 1.54) is 0 Å². The molecule has 1 heterocycles. The first kappa shape index (κ1) is 6.54. The molecular weight excluding hydrogens is 135 g/mol. The highest BCUT2D eigenvalue weighted by atomic mass is 19.4. The van der Waals surface area contributed by atoms with E-state index in [1.807, 2.05) is 0 Å². The number of halogens is 3. The molecule has 0 fully saturated rings. The molecule has 1 aliphatic rings. The van der Waals surface area contributed by atoms with Gasteiger partial charge in [-0.2, -0.15) is 13.2 Å². The van der Waals surface area contributed by atoms with Crippen molar-refractivity contribution in [3.8, 4) is 0 Å². The summed E-state index contributed by atoms with van der Waals surface area (Å²) in [6.45, 7) is 1.35. The summed E-state index contributed by atoms with van der Waals surface area (Å²) in [6, 6.07) is 0. The predicted molar refractivity (Wildman–Crippen MR) is 22.7 cm³/mol. The largest absolute Gasteiger partial charge is 0.432 e. The molecule has 0 aliphatic carbocycles. The molecule has 0 amide bonds. The Morgan fingerprint density at radius 3 is 2.44 bits per heavy atom. The van der Waals surface area contributed by atoms with Crippen LogP contribution in [-0.2, 0) is 4.74 Å². The molecule has 5 heteroatoms. The molecule has 0 aromatic rings. The molecule has 0 aromatic carbocycles. The predicted octanol–water partition coefficient (Wildman–Crippen LogP) is 1.02. The van der Waals surface area contributed by atoms with Crippen LogP contribution in [0.1, 0.15) is 0 Å². The third-order valence-corrected chi connectivity index (χ3v) is 0.725. The van der Waals surface area contributed by atoms with Crippen LogP contribution in [0.4, 0.5) is 13.2 Å². The second kappa shape index (κ2) is 1.98. The van der Waals surface area contributed by atoms with Crippen molar-refractivity contribution in [1.29, 1.82) is 0 Å². The maximum atomic E-state index is 11.5. The van der Waals surface area contributed by atoms with Crippen molar-refractivity contribution in [2.45, 2.75) is 6.18 Å². The van der Waals surface area contributed by atoms with E-state index in [1.54, 1.807) is 6.61 Å². The molecule has 50 valence electrons. The van der Waals surface area contributed by atoms with Gasteiger partial charge >= 0.3 is 6.18 Å². The van der Waals surface area contributed by atoms with Gasteiger partial charge in [0.05, 0.1) is 0 Å². The zero-order valence-electron chi connectivity index (χ0n) is 4.20. The molecule has 0 saturated heterocycles. The summed E-state index contributed by atoms with van der Waals surface area (Å²) in [6.07, 6.45) is -4.41. The van der Waals surface area contributed by atoms with E-state index >= 15 is 0 Å². The first-order valence-corrected chi connectivity index (χ1v) is 2.10. The van der Waals surface area contributed by atoms with Gasteiger partial charge in [0.1, 0.15) is 6.73 Å². The second-order valence-corrected chi connectivity index (χ2v) is 1.38. The molecule has 0 unspecified atom stereocenters. The molecule has 0 N–H and O–H groups in total. The molecule has 0 spiro atoms. The lowest BCUT2D eigenvalue weighted by atomic mass is 10.4. The van der Waals surface area contributed by atoms with Crippen molar-refractivity contribution in [3.05, 3.63) is 6.61 Å². The van der Waals surface area contributed by atoms with Crippen molar-refractivity contribution in [3.63, 3.8) is 0 Å². The number of rotatable bonds is 0. The molecule has 1 rings (SSSR count). The van der Waals surface area contributed by atoms with Crippen molar-refractivity contribution in [2.75, 3.05) is 6.73 Å². The Labute approximate surface area is 49.3 Å². The maximum Gasteiger partial charge on any atom is 0.432 e. The summed E-state index contributed by atoms with van der Waals surface area (Å²) in [5, 5.41) is 0. The van der Waals surface area contributed by atoms with Gasteiger partial charge in [0.15, 0.2) is 12.3 Å². The first-order chi connectivity index (χ1) is 4.11. The lowest BCUT2D eigenvalue weighted by molar-refractivity contribution is -0.0590. The van der Waals surface area contributed by atoms with Crippen LogP contribution in [0.15, 0.2) is 4.99 Å². The maximum absolute atomic E-state index is 11.5. The SMILES string of the molecule is FC(F)(F)C1=NCO[C]1. The van der Waals surface area contributed by atoms with E-state index in [0.29, 0.717) is 0 Å². The van der Waals surface area contributed by atoms with Crippen molar-refractivity contribution >= 4 is 5.71 Å². The number of hydrogen-bond donors (Lipinski definition) is 0. The highest BCUT2D eigenvalue weighted by molar-refractivity contribution is 5.96. The number of hydrogen-bond acceptors (Lipinski definition) is 2. The van der Waals surface area contributed by atoms with Gasteiger partial charge in [0, 0.05) is 0 Å². The van der Waals surface area contributed by atoms with Crippen LogP contribution in [0.3, 0.4) is 0 Å². The highest BCUT2D eigenvalue weighted by Gasteiger charge is 2.38. The minimum atomic E-state index is -4.41. The smallest absolute Gasteiger partial charge is 0.339 e. The molecule has 1 aliphatic heterocycles. The van der Waals surface area contributed by atoms with Crippen molar-refractivity contribution in [1.82, 2.24) is 0 Å². The molecule has 0 aromatic heterocycles. The van der Waals surface area contributed by atoms with E-state index < -0.39 is 11.9 Å². The van der Waals surface area contributed by atoms with Gasteiger partial charge in [0.2, 0.25) is 0 Å². The Balaban J connectivity index is 2.61. The number of alkyl halides is 3. The second-order valence-electron chi connectivity index (χ2n) is 1.38. The van der Waals surface area contributed by atoms with Gasteiger partial charge in [-0.1, -0.05) is 0 Å². The molecule has 9 heavy (non-hydrogen) atoms. The fraction of sp³-hybridized carbons (Fsp3) is 0.500. The van der Waals surface area contributed by atoms with Crippen LogP contribution >= 0.6 is 0 Å². The van der Waals surface area contributed by atoms with Gasteiger partial charge in [0.25, 0.3) is 0 Å². The van der Waals surface area contributed by atoms with Gasteiger partial charge in [-0.25, -0.2) is 0 Å². The molecule has 2 nitrogen and oxygen atoms in total. The average molecular weight is 137 g/mol. The van der Waals surface area contributed by atoms with Crippen LogP contribution in [0.25, 0.3) is 0 Å². The Bertz CT molecular complexity index is 139. The van der Waals surface area contributed by atoms with Crippen LogP contribution < -0.4 is 0 Å². The normalized spacial score (nSPS) is 20.1. The number of ether oxygens (including phenoxy) is 1. The number of aliphatic imine (C=N–C) groups is 1. The van der Waals surface area contributed by atoms with Gasteiger partial charge in [-0.3, -0.25) is 4.99 Å². The fourth-order valence-electron chi connectivity index (χ4n) is 0.377. The van der Waals surface area contributed by atoms with Gasteiger partial charge < -0.3 is 4.74 Å². The lowest BCUT2D eigenvalue weighted by Gasteiger charge is -2.00. The average Bonchev–Trinajstić information content (AvgIpc) is 2.08. The van der Waals surface area contributed by atoms with Crippen molar-refractivity contribution in [2.24, 2.45) is 4.99 Å². The molecular formula is C4H2F3NO. The highest BCUT2D eigenvalue weighted by Crippen LogP contribution is 2.21. The quantitative estimate of drug-likeness (QED) is 0.488. The zero-order chi connectivity index (χ0) is 6.91. The van der Waals surface area contributed by atoms with Gasteiger partial charge in [-0.05, 0) is 0 Å². The summed E-state index contributed by atoms with van der Waals surface area (Å²) < 4.78 is 38.6. The minimum absolute atomic E-state index is 0.269. The molecule has 2 radical (unpaired) electrons. The summed E-state index contributed by atoms with van der Waals surface area (Å²) in [5.41, 5.74) is -1.07. The topological polar surface area (TPSA) is 21.6 Å². The standard InChI is InChI=1S/C4H2F3NO/c5-4(6,7)3-1-9-2-8-3/h2H2. The summed E-state index contributed by atoms with van der Waals surface area (Å²) in [5.74, 6) is 0. The van der Waals surface area contributed by atoms with Crippen LogP contribution in [0, 0.1) is 6.61 Å². The zero-order valence-corrected chi connectivity index (χ0v) is 4.20. The van der Waals surface area contributed by atoms with E-state index in [-0.39, 0.29) is 6.73 Å². The van der Waals surface area contributed by atoms with E-state index in [2.05, 4.69) is 9.73 Å². The third kappa shape index (κ3) is 1.41. The van der Waals surface area contributed by atoms with Crippen LogP contribution in [-0.4, -0.2) is 18.6 Å². The van der Waals surface area contributed by atoms with E-state index in [0.717, 1.165) is 0 Å². The summed E-state index contributed by atoms with van der Waals surface area (Å²) in [7, 11) is 0. The van der Waals surface area contributed by atoms with E-state index in [4.69, 9.17) is 0 Å². The summed E-state index contributed by atoms with van der Waals surface area (Å²) in [4.78, 5) is 2.97. The Morgan fingerprint density at radius 2 is 2.22 bits per heavy atom. The third-order valence-electron chi connectivity index (χ3n) is 0.725.